The number of carbonyl (C=O) groups excluding carboxylic acids is 2. The second kappa shape index (κ2) is 6.20. The van der Waals surface area contributed by atoms with E-state index >= 15 is 0 Å². The van der Waals surface area contributed by atoms with Crippen LogP contribution >= 0.6 is 0 Å². The Balaban J connectivity index is 1.64. The highest BCUT2D eigenvalue weighted by Crippen LogP contribution is 2.39. The number of benzene rings is 2. The molecule has 4 rings (SSSR count). The molecule has 0 spiro atoms. The quantitative estimate of drug-likeness (QED) is 0.634. The average Bonchev–Trinajstić information content (AvgIpc) is 2.91. The molecule has 1 fully saturated rings. The van der Waals surface area contributed by atoms with Crippen molar-refractivity contribution < 1.29 is 14.3 Å². The molecule has 0 saturated carbocycles. The van der Waals surface area contributed by atoms with Gasteiger partial charge in [0.15, 0.2) is 6.10 Å². The third-order valence-corrected chi connectivity index (χ3v) is 4.85. The van der Waals surface area contributed by atoms with Crippen LogP contribution in [0.4, 0.5) is 0 Å². The van der Waals surface area contributed by atoms with Crippen molar-refractivity contribution in [2.24, 2.45) is 0 Å². The van der Waals surface area contributed by atoms with Gasteiger partial charge in [0, 0.05) is 12.5 Å². The van der Waals surface area contributed by atoms with Crippen LogP contribution in [0, 0.1) is 0 Å². The molecule has 0 aliphatic carbocycles. The van der Waals surface area contributed by atoms with Crippen molar-refractivity contribution in [1.29, 1.82) is 0 Å². The number of hydrogen-bond donors (Lipinski definition) is 0. The summed E-state index contributed by atoms with van der Waals surface area (Å²) in [7, 11) is 0. The molecule has 2 heterocycles. The summed E-state index contributed by atoms with van der Waals surface area (Å²) in [5, 5.41) is 0. The molecule has 0 radical (unpaired) electrons. The van der Waals surface area contributed by atoms with Crippen molar-refractivity contribution in [3.63, 3.8) is 0 Å². The molecule has 126 valence electrons. The highest BCUT2D eigenvalue weighted by atomic mass is 16.5. The summed E-state index contributed by atoms with van der Waals surface area (Å²) in [6, 6.07) is 19.5. The second-order valence-corrected chi connectivity index (χ2v) is 6.56. The molecule has 25 heavy (non-hydrogen) atoms. The summed E-state index contributed by atoms with van der Waals surface area (Å²) in [5.41, 5.74) is 3.17. The SMILES string of the molecule is CC1=C(C(=O)OC(c2ccccc2)c2ccccc2)N2C(=O)C[C@H]2C1. The van der Waals surface area contributed by atoms with E-state index in [1.807, 2.05) is 67.6 Å². The Labute approximate surface area is 146 Å². The van der Waals surface area contributed by atoms with E-state index in [1.54, 1.807) is 4.90 Å². The number of esters is 1. The van der Waals surface area contributed by atoms with Gasteiger partial charge in [0.1, 0.15) is 5.70 Å². The van der Waals surface area contributed by atoms with Crippen molar-refractivity contribution in [2.45, 2.75) is 31.9 Å². The van der Waals surface area contributed by atoms with Crippen LogP contribution in [0.5, 0.6) is 0 Å². The van der Waals surface area contributed by atoms with Crippen LogP contribution in [0.2, 0.25) is 0 Å². The molecule has 0 N–H and O–H groups in total. The first-order chi connectivity index (χ1) is 12.1. The van der Waals surface area contributed by atoms with Gasteiger partial charge < -0.3 is 9.64 Å². The van der Waals surface area contributed by atoms with Crippen molar-refractivity contribution in [1.82, 2.24) is 4.90 Å². The number of β-lactam (4-membered cyclic amide) rings is 1. The molecule has 0 aromatic heterocycles. The minimum absolute atomic E-state index is 0.00442. The highest BCUT2D eigenvalue weighted by molar-refractivity contribution is 5.99. The molecule has 2 aliphatic heterocycles. The summed E-state index contributed by atoms with van der Waals surface area (Å²) in [6.45, 7) is 1.90. The highest BCUT2D eigenvalue weighted by Gasteiger charge is 2.47. The van der Waals surface area contributed by atoms with Gasteiger partial charge in [-0.1, -0.05) is 60.7 Å². The number of amides is 1. The van der Waals surface area contributed by atoms with Gasteiger partial charge in [-0.05, 0) is 30.0 Å². The lowest BCUT2D eigenvalue weighted by molar-refractivity contribution is -0.152. The minimum Gasteiger partial charge on any atom is -0.448 e. The molecule has 1 amide bonds. The van der Waals surface area contributed by atoms with Crippen LogP contribution in [-0.2, 0) is 14.3 Å². The standard InChI is InChI=1S/C21H19NO3/c1-14-12-17-13-18(23)22(17)19(14)21(24)25-20(15-8-4-2-5-9-15)16-10-6-3-7-11-16/h2-11,17,20H,12-13H2,1H3/t17-/m1/s1. The van der Waals surface area contributed by atoms with Gasteiger partial charge >= 0.3 is 5.97 Å². The normalized spacial score (nSPS) is 19.0. The molecule has 4 heteroatoms. The van der Waals surface area contributed by atoms with Gasteiger partial charge in [0.2, 0.25) is 5.91 Å². The van der Waals surface area contributed by atoms with Crippen LogP contribution in [0.15, 0.2) is 71.9 Å². The third-order valence-electron chi connectivity index (χ3n) is 4.85. The molecule has 2 aromatic rings. The van der Waals surface area contributed by atoms with Crippen LogP contribution in [0.3, 0.4) is 0 Å². The van der Waals surface area contributed by atoms with E-state index in [2.05, 4.69) is 0 Å². The Morgan fingerprint density at radius 1 is 1.00 bits per heavy atom. The minimum atomic E-state index is -0.495. The number of rotatable bonds is 4. The Bertz CT molecular complexity index is 802. The van der Waals surface area contributed by atoms with Gasteiger partial charge in [0.05, 0.1) is 0 Å². The Hall–Kier alpha value is -2.88. The molecular weight excluding hydrogens is 314 g/mol. The number of ether oxygens (including phenoxy) is 1. The zero-order valence-electron chi connectivity index (χ0n) is 14.0. The first-order valence-electron chi connectivity index (χ1n) is 8.48. The van der Waals surface area contributed by atoms with Crippen molar-refractivity contribution in [3.05, 3.63) is 83.1 Å². The van der Waals surface area contributed by atoms with Crippen LogP contribution in [0.25, 0.3) is 0 Å². The van der Waals surface area contributed by atoms with Crippen LogP contribution in [0.1, 0.15) is 37.0 Å². The zero-order valence-corrected chi connectivity index (χ0v) is 14.0. The predicted molar refractivity (Wildman–Crippen MR) is 93.4 cm³/mol. The lowest BCUT2D eigenvalue weighted by Gasteiger charge is -2.36. The summed E-state index contributed by atoms with van der Waals surface area (Å²) in [6.07, 6.45) is 0.789. The molecule has 0 unspecified atom stereocenters. The number of hydrogen-bond acceptors (Lipinski definition) is 3. The zero-order chi connectivity index (χ0) is 17.4. The summed E-state index contributed by atoms with van der Waals surface area (Å²) >= 11 is 0. The maximum Gasteiger partial charge on any atom is 0.355 e. The Kier molecular flexibility index (Phi) is 3.88. The average molecular weight is 333 g/mol. The van der Waals surface area contributed by atoms with Crippen LogP contribution in [-0.4, -0.2) is 22.8 Å². The lowest BCUT2D eigenvalue weighted by atomic mass is 10.0. The van der Waals surface area contributed by atoms with Gasteiger partial charge in [-0.25, -0.2) is 4.79 Å². The molecule has 4 nitrogen and oxygen atoms in total. The lowest BCUT2D eigenvalue weighted by Crippen LogP contribution is -2.49. The number of fused-ring (bicyclic) bond motifs is 1. The molecule has 0 bridgehead atoms. The van der Waals surface area contributed by atoms with Gasteiger partial charge in [-0.2, -0.15) is 0 Å². The van der Waals surface area contributed by atoms with Crippen LogP contribution < -0.4 is 0 Å². The van der Waals surface area contributed by atoms with Gasteiger partial charge in [-0.3, -0.25) is 4.79 Å². The number of carbonyl (C=O) groups is 2. The molecule has 1 atom stereocenters. The van der Waals surface area contributed by atoms with E-state index in [9.17, 15) is 9.59 Å². The summed E-state index contributed by atoms with van der Waals surface area (Å²) < 4.78 is 5.89. The molecular formula is C21H19NO3. The summed E-state index contributed by atoms with van der Waals surface area (Å²) in [5.74, 6) is -0.421. The van der Waals surface area contributed by atoms with E-state index in [4.69, 9.17) is 4.74 Å². The van der Waals surface area contributed by atoms with E-state index in [0.717, 1.165) is 23.1 Å². The third kappa shape index (κ3) is 2.74. The van der Waals surface area contributed by atoms with Gasteiger partial charge in [-0.15, -0.1) is 0 Å². The topological polar surface area (TPSA) is 46.6 Å². The predicted octanol–water partition coefficient (Wildman–Crippen LogP) is 3.60. The van der Waals surface area contributed by atoms with Gasteiger partial charge in [0.25, 0.3) is 0 Å². The molecule has 2 aromatic carbocycles. The van der Waals surface area contributed by atoms with E-state index in [1.165, 1.54) is 0 Å². The Morgan fingerprint density at radius 3 is 2.08 bits per heavy atom. The maximum atomic E-state index is 12.9. The maximum absolute atomic E-state index is 12.9. The fraction of sp³-hybridized carbons (Fsp3) is 0.238. The second-order valence-electron chi connectivity index (χ2n) is 6.56. The largest absolute Gasteiger partial charge is 0.448 e. The van der Waals surface area contributed by atoms with E-state index in [0.29, 0.717) is 12.1 Å². The fourth-order valence-electron chi connectivity index (χ4n) is 3.63. The van der Waals surface area contributed by atoms with E-state index in [-0.39, 0.29) is 11.9 Å². The van der Waals surface area contributed by atoms with E-state index < -0.39 is 12.1 Å². The van der Waals surface area contributed by atoms with Crippen molar-refractivity contribution >= 4 is 11.9 Å². The fourth-order valence-corrected chi connectivity index (χ4v) is 3.63. The first-order valence-corrected chi connectivity index (χ1v) is 8.48. The molecule has 1 saturated heterocycles. The first kappa shape index (κ1) is 15.6. The Morgan fingerprint density at radius 2 is 1.56 bits per heavy atom. The van der Waals surface area contributed by atoms with Crippen molar-refractivity contribution in [3.8, 4) is 0 Å². The monoisotopic (exact) mass is 333 g/mol. The molecule has 2 aliphatic rings. The number of nitrogens with zero attached hydrogens (tertiary/aromatic N) is 1. The summed E-state index contributed by atoms with van der Waals surface area (Å²) in [4.78, 5) is 26.4. The smallest absolute Gasteiger partial charge is 0.355 e. The van der Waals surface area contributed by atoms with Crippen molar-refractivity contribution in [2.75, 3.05) is 0 Å².